The van der Waals surface area contributed by atoms with Crippen LogP contribution in [0.15, 0.2) is 36.4 Å². The SMILES string of the molecule is COc1ccc(C(=O)c2cc(C)ccc2F)c(OC)c1. The number of methoxy groups -OCH3 is 2. The maximum Gasteiger partial charge on any atom is 0.199 e. The van der Waals surface area contributed by atoms with E-state index >= 15 is 0 Å². The minimum Gasteiger partial charge on any atom is -0.497 e. The number of ether oxygens (including phenoxy) is 2. The highest BCUT2D eigenvalue weighted by molar-refractivity contribution is 6.11. The summed E-state index contributed by atoms with van der Waals surface area (Å²) in [5.41, 5.74) is 1.16. The molecule has 2 aromatic rings. The lowest BCUT2D eigenvalue weighted by Gasteiger charge is -2.10. The topological polar surface area (TPSA) is 35.5 Å². The van der Waals surface area contributed by atoms with Gasteiger partial charge in [-0.3, -0.25) is 4.79 Å². The van der Waals surface area contributed by atoms with Crippen LogP contribution in [-0.4, -0.2) is 20.0 Å². The summed E-state index contributed by atoms with van der Waals surface area (Å²) in [6.07, 6.45) is 0. The zero-order valence-corrected chi connectivity index (χ0v) is 11.6. The van der Waals surface area contributed by atoms with E-state index in [0.717, 1.165) is 5.56 Å². The fourth-order valence-corrected chi connectivity index (χ4v) is 1.94. The van der Waals surface area contributed by atoms with Gasteiger partial charge in [-0.25, -0.2) is 4.39 Å². The first-order chi connectivity index (χ1) is 9.56. The predicted molar refractivity (Wildman–Crippen MR) is 74.1 cm³/mol. The second-order valence-corrected chi connectivity index (χ2v) is 4.38. The second-order valence-electron chi connectivity index (χ2n) is 4.38. The zero-order chi connectivity index (χ0) is 14.7. The lowest BCUT2D eigenvalue weighted by Crippen LogP contribution is -2.07. The molecular formula is C16H15FO3. The number of carbonyl (C=O) groups is 1. The molecule has 0 aliphatic carbocycles. The molecule has 2 rings (SSSR count). The molecule has 0 aromatic heterocycles. The Morgan fingerprint density at radius 3 is 2.40 bits per heavy atom. The van der Waals surface area contributed by atoms with Crippen molar-refractivity contribution in [2.24, 2.45) is 0 Å². The predicted octanol–water partition coefficient (Wildman–Crippen LogP) is 3.38. The molecule has 20 heavy (non-hydrogen) atoms. The molecule has 4 heteroatoms. The molecule has 0 atom stereocenters. The Bertz CT molecular complexity index is 650. The number of carbonyl (C=O) groups excluding carboxylic acids is 1. The molecule has 0 saturated carbocycles. The van der Waals surface area contributed by atoms with Crippen LogP contribution in [0.3, 0.4) is 0 Å². The van der Waals surface area contributed by atoms with Gasteiger partial charge in [-0.2, -0.15) is 0 Å². The van der Waals surface area contributed by atoms with Gasteiger partial charge in [0.15, 0.2) is 5.78 Å². The molecule has 0 spiro atoms. The van der Waals surface area contributed by atoms with Crippen molar-refractivity contribution < 1.29 is 18.7 Å². The third-order valence-electron chi connectivity index (χ3n) is 3.02. The van der Waals surface area contributed by atoms with E-state index in [1.165, 1.54) is 26.4 Å². The Labute approximate surface area is 117 Å². The standard InChI is InChI=1S/C16H15FO3/c1-10-4-7-14(17)13(8-10)16(18)12-6-5-11(19-2)9-15(12)20-3/h4-9H,1-3H3. The maximum atomic E-state index is 13.8. The van der Waals surface area contributed by atoms with E-state index in [4.69, 9.17) is 9.47 Å². The smallest absolute Gasteiger partial charge is 0.199 e. The molecule has 3 nitrogen and oxygen atoms in total. The van der Waals surface area contributed by atoms with E-state index in [9.17, 15) is 9.18 Å². The molecule has 0 radical (unpaired) electrons. The molecule has 0 heterocycles. The zero-order valence-electron chi connectivity index (χ0n) is 11.6. The second kappa shape index (κ2) is 5.74. The molecule has 104 valence electrons. The van der Waals surface area contributed by atoms with Crippen LogP contribution in [0.2, 0.25) is 0 Å². The molecular weight excluding hydrogens is 259 g/mol. The van der Waals surface area contributed by atoms with Crippen molar-refractivity contribution in [1.82, 2.24) is 0 Å². The van der Waals surface area contributed by atoms with Crippen molar-refractivity contribution in [1.29, 1.82) is 0 Å². The van der Waals surface area contributed by atoms with Gasteiger partial charge in [0, 0.05) is 6.07 Å². The van der Waals surface area contributed by atoms with Gasteiger partial charge in [0.25, 0.3) is 0 Å². The highest BCUT2D eigenvalue weighted by Crippen LogP contribution is 2.27. The van der Waals surface area contributed by atoms with Gasteiger partial charge in [-0.15, -0.1) is 0 Å². The van der Waals surface area contributed by atoms with Crippen LogP contribution in [0.25, 0.3) is 0 Å². The van der Waals surface area contributed by atoms with Crippen molar-refractivity contribution in [2.45, 2.75) is 6.92 Å². The van der Waals surface area contributed by atoms with E-state index in [1.807, 2.05) is 6.92 Å². The monoisotopic (exact) mass is 274 g/mol. The summed E-state index contributed by atoms with van der Waals surface area (Å²) < 4.78 is 24.1. The highest BCUT2D eigenvalue weighted by Gasteiger charge is 2.18. The van der Waals surface area contributed by atoms with Crippen LogP contribution in [-0.2, 0) is 0 Å². The van der Waals surface area contributed by atoms with Crippen molar-refractivity contribution in [3.8, 4) is 11.5 Å². The van der Waals surface area contributed by atoms with Crippen LogP contribution in [0, 0.1) is 12.7 Å². The van der Waals surface area contributed by atoms with E-state index in [-0.39, 0.29) is 5.56 Å². The lowest BCUT2D eigenvalue weighted by molar-refractivity contribution is 0.103. The first-order valence-electron chi connectivity index (χ1n) is 6.09. The quantitative estimate of drug-likeness (QED) is 0.802. The average Bonchev–Trinajstić information content (AvgIpc) is 2.48. The summed E-state index contributed by atoms with van der Waals surface area (Å²) in [7, 11) is 2.98. The third-order valence-corrected chi connectivity index (χ3v) is 3.02. The van der Waals surface area contributed by atoms with Gasteiger partial charge in [0.1, 0.15) is 17.3 Å². The summed E-state index contributed by atoms with van der Waals surface area (Å²) in [5, 5.41) is 0. The van der Waals surface area contributed by atoms with Gasteiger partial charge in [0.05, 0.1) is 25.3 Å². The van der Waals surface area contributed by atoms with E-state index in [2.05, 4.69) is 0 Å². The molecule has 0 amide bonds. The Hall–Kier alpha value is -2.36. The normalized spacial score (nSPS) is 10.2. The molecule has 0 aliphatic heterocycles. The minimum atomic E-state index is -0.543. The Morgan fingerprint density at radius 2 is 1.75 bits per heavy atom. The molecule has 2 aromatic carbocycles. The maximum absolute atomic E-state index is 13.8. The number of benzene rings is 2. The van der Waals surface area contributed by atoms with Crippen LogP contribution in [0.5, 0.6) is 11.5 Å². The first-order valence-corrected chi connectivity index (χ1v) is 6.09. The first kappa shape index (κ1) is 14.1. The van der Waals surface area contributed by atoms with E-state index in [0.29, 0.717) is 17.1 Å². The summed E-state index contributed by atoms with van der Waals surface area (Å²) >= 11 is 0. The van der Waals surface area contributed by atoms with Gasteiger partial charge >= 0.3 is 0 Å². The van der Waals surface area contributed by atoms with Crippen molar-refractivity contribution in [3.05, 3.63) is 58.9 Å². The van der Waals surface area contributed by atoms with Crippen LogP contribution in [0.4, 0.5) is 4.39 Å². The number of rotatable bonds is 4. The van der Waals surface area contributed by atoms with Gasteiger partial charge in [-0.1, -0.05) is 11.6 Å². The largest absolute Gasteiger partial charge is 0.497 e. The summed E-state index contributed by atoms with van der Waals surface area (Å²) in [6, 6.07) is 9.25. The van der Waals surface area contributed by atoms with Crippen molar-refractivity contribution in [2.75, 3.05) is 14.2 Å². The summed E-state index contributed by atoms with van der Waals surface area (Å²) in [6.45, 7) is 1.81. The summed E-state index contributed by atoms with van der Waals surface area (Å²) in [5.74, 6) is -0.0254. The number of ketones is 1. The van der Waals surface area contributed by atoms with Crippen molar-refractivity contribution >= 4 is 5.78 Å². The molecule has 0 N–H and O–H groups in total. The van der Waals surface area contributed by atoms with Gasteiger partial charge < -0.3 is 9.47 Å². The minimum absolute atomic E-state index is 0.0356. The van der Waals surface area contributed by atoms with Gasteiger partial charge in [-0.05, 0) is 31.2 Å². The third kappa shape index (κ3) is 2.64. The Balaban J connectivity index is 2.50. The molecule has 0 bridgehead atoms. The van der Waals surface area contributed by atoms with Crippen LogP contribution < -0.4 is 9.47 Å². The van der Waals surface area contributed by atoms with E-state index in [1.54, 1.807) is 24.3 Å². The Morgan fingerprint density at radius 1 is 1.00 bits per heavy atom. The molecule has 0 saturated heterocycles. The average molecular weight is 274 g/mol. The molecule has 0 fully saturated rings. The number of hydrogen-bond acceptors (Lipinski definition) is 3. The van der Waals surface area contributed by atoms with Crippen LogP contribution in [0.1, 0.15) is 21.5 Å². The Kier molecular flexibility index (Phi) is 4.03. The van der Waals surface area contributed by atoms with Crippen LogP contribution >= 0.6 is 0 Å². The molecule has 0 unspecified atom stereocenters. The van der Waals surface area contributed by atoms with E-state index < -0.39 is 11.6 Å². The number of aryl methyl sites for hydroxylation is 1. The molecule has 0 aliphatic rings. The number of hydrogen-bond donors (Lipinski definition) is 0. The highest BCUT2D eigenvalue weighted by atomic mass is 19.1. The van der Waals surface area contributed by atoms with Crippen molar-refractivity contribution in [3.63, 3.8) is 0 Å². The fraction of sp³-hybridized carbons (Fsp3) is 0.188. The van der Waals surface area contributed by atoms with Gasteiger partial charge in [0.2, 0.25) is 0 Å². The summed E-state index contributed by atoms with van der Waals surface area (Å²) in [4.78, 5) is 12.4. The fourth-order valence-electron chi connectivity index (χ4n) is 1.94. The number of halogens is 1. The lowest BCUT2D eigenvalue weighted by atomic mass is 10.00.